The summed E-state index contributed by atoms with van der Waals surface area (Å²) in [5.74, 6) is 0.677. The first-order valence-electron chi connectivity index (χ1n) is 4.33. The van der Waals surface area contributed by atoms with E-state index in [1.807, 2.05) is 18.7 Å². The summed E-state index contributed by atoms with van der Waals surface area (Å²) in [4.78, 5) is 4.08. The van der Waals surface area contributed by atoms with Crippen LogP contribution in [0.2, 0.25) is 0 Å². The molecule has 0 unspecified atom stereocenters. The number of nitrogens with one attached hydrogen (secondary N) is 1. The molecule has 4 nitrogen and oxygen atoms in total. The van der Waals surface area contributed by atoms with Gasteiger partial charge >= 0.3 is 6.01 Å². The lowest BCUT2D eigenvalue weighted by Gasteiger charge is -2.10. The van der Waals surface area contributed by atoms with Gasteiger partial charge in [-0.2, -0.15) is 16.7 Å². The zero-order valence-electron chi connectivity index (χ0n) is 7.83. The summed E-state index contributed by atoms with van der Waals surface area (Å²) in [7, 11) is 0. The Bertz CT molecular complexity index is 295. The number of aryl methyl sites for hydroxylation is 1. The van der Waals surface area contributed by atoms with Gasteiger partial charge in [0.2, 0.25) is 0 Å². The number of thioether (sulfide) groups is 1. The number of aromatic nitrogens is 2. The Morgan fingerprint density at radius 2 is 2.38 bits per heavy atom. The third-order valence-electron chi connectivity index (χ3n) is 2.33. The van der Waals surface area contributed by atoms with Crippen LogP contribution in [0.5, 0.6) is 0 Å². The number of hydrogen-bond acceptors (Lipinski definition) is 5. The van der Waals surface area contributed by atoms with Crippen molar-refractivity contribution in [1.29, 1.82) is 0 Å². The third-order valence-corrected chi connectivity index (χ3v) is 3.75. The molecule has 0 saturated heterocycles. The summed E-state index contributed by atoms with van der Waals surface area (Å²) < 4.78 is 5.38. The normalized spacial score (nSPS) is 18.6. The van der Waals surface area contributed by atoms with E-state index in [-0.39, 0.29) is 0 Å². The maximum absolute atomic E-state index is 4.95. The molecule has 1 aliphatic carbocycles. The van der Waals surface area contributed by atoms with E-state index in [1.54, 1.807) is 0 Å². The Morgan fingerprint density at radius 1 is 1.62 bits per heavy atom. The van der Waals surface area contributed by atoms with Crippen molar-refractivity contribution >= 4 is 17.8 Å². The quantitative estimate of drug-likeness (QED) is 0.799. The first kappa shape index (κ1) is 8.87. The van der Waals surface area contributed by atoms with Crippen LogP contribution in [0.15, 0.2) is 4.52 Å². The van der Waals surface area contributed by atoms with Crippen LogP contribution < -0.4 is 5.32 Å². The molecule has 1 N–H and O–H groups in total. The molecule has 0 aromatic carbocycles. The van der Waals surface area contributed by atoms with Gasteiger partial charge in [-0.05, 0) is 26.0 Å². The first-order chi connectivity index (χ1) is 6.24. The molecule has 1 aromatic heterocycles. The van der Waals surface area contributed by atoms with Crippen molar-refractivity contribution in [2.24, 2.45) is 0 Å². The molecule has 1 fully saturated rings. The topological polar surface area (TPSA) is 51.0 Å². The van der Waals surface area contributed by atoms with Crippen LogP contribution in [0.3, 0.4) is 0 Å². The summed E-state index contributed by atoms with van der Waals surface area (Å²) in [6.07, 6.45) is 4.72. The predicted molar refractivity (Wildman–Crippen MR) is 53.0 cm³/mol. The summed E-state index contributed by atoms with van der Waals surface area (Å²) in [5, 5.41) is 6.87. The van der Waals surface area contributed by atoms with E-state index in [1.165, 1.54) is 12.8 Å². The van der Waals surface area contributed by atoms with E-state index in [2.05, 4.69) is 21.7 Å². The van der Waals surface area contributed by atoms with E-state index in [4.69, 9.17) is 4.52 Å². The average Bonchev–Trinajstić information content (AvgIpc) is 2.81. The zero-order valence-corrected chi connectivity index (χ0v) is 8.65. The van der Waals surface area contributed by atoms with Gasteiger partial charge in [-0.1, -0.05) is 5.16 Å². The highest BCUT2D eigenvalue weighted by Crippen LogP contribution is 2.46. The molecular weight excluding hydrogens is 186 g/mol. The minimum atomic E-state index is 0.433. The molecule has 1 aliphatic rings. The highest BCUT2D eigenvalue weighted by molar-refractivity contribution is 8.00. The maximum atomic E-state index is 4.95. The Morgan fingerprint density at radius 3 is 2.85 bits per heavy atom. The lowest BCUT2D eigenvalue weighted by Crippen LogP contribution is -2.17. The van der Waals surface area contributed by atoms with Crippen molar-refractivity contribution in [3.8, 4) is 0 Å². The van der Waals surface area contributed by atoms with Crippen molar-refractivity contribution in [3.05, 3.63) is 5.82 Å². The minimum Gasteiger partial charge on any atom is -0.336 e. The van der Waals surface area contributed by atoms with Crippen LogP contribution in [-0.4, -0.2) is 27.7 Å². The molecule has 1 saturated carbocycles. The second-order valence-corrected chi connectivity index (χ2v) is 4.66. The molecular formula is C8H13N3OS. The van der Waals surface area contributed by atoms with Crippen molar-refractivity contribution in [2.45, 2.75) is 24.5 Å². The number of rotatable bonds is 4. The van der Waals surface area contributed by atoms with Crippen LogP contribution in [-0.2, 0) is 0 Å². The van der Waals surface area contributed by atoms with Crippen LogP contribution in [0, 0.1) is 6.92 Å². The molecule has 13 heavy (non-hydrogen) atoms. The molecule has 0 radical (unpaired) electrons. The Kier molecular flexibility index (Phi) is 2.19. The summed E-state index contributed by atoms with van der Waals surface area (Å²) in [6, 6.07) is 0.540. The average molecular weight is 199 g/mol. The van der Waals surface area contributed by atoms with Crippen molar-refractivity contribution in [1.82, 2.24) is 10.1 Å². The Hall–Kier alpha value is -0.710. The fourth-order valence-corrected chi connectivity index (χ4v) is 1.92. The molecule has 0 spiro atoms. The van der Waals surface area contributed by atoms with Crippen molar-refractivity contribution < 1.29 is 4.52 Å². The van der Waals surface area contributed by atoms with E-state index >= 15 is 0 Å². The van der Waals surface area contributed by atoms with E-state index < -0.39 is 0 Å². The standard InChI is InChI=1S/C8H13N3OS/c1-6-10-7(12-11-6)9-5-8(13-2)3-4-8/h3-5H2,1-2H3,(H,9,10,11). The van der Waals surface area contributed by atoms with Gasteiger partial charge in [0.1, 0.15) is 0 Å². The molecule has 72 valence electrons. The summed E-state index contributed by atoms with van der Waals surface area (Å²) >= 11 is 1.91. The van der Waals surface area contributed by atoms with Crippen molar-refractivity contribution in [3.63, 3.8) is 0 Å². The second-order valence-electron chi connectivity index (χ2n) is 3.39. The fourth-order valence-electron chi connectivity index (χ4n) is 1.20. The molecule has 5 heteroatoms. The monoisotopic (exact) mass is 199 g/mol. The van der Waals surface area contributed by atoms with Gasteiger partial charge in [-0.25, -0.2) is 0 Å². The van der Waals surface area contributed by atoms with Crippen LogP contribution in [0.25, 0.3) is 0 Å². The van der Waals surface area contributed by atoms with Gasteiger partial charge < -0.3 is 9.84 Å². The van der Waals surface area contributed by atoms with Gasteiger partial charge in [0, 0.05) is 11.3 Å². The molecule has 1 aromatic rings. The maximum Gasteiger partial charge on any atom is 0.321 e. The van der Waals surface area contributed by atoms with Gasteiger partial charge in [0.15, 0.2) is 5.82 Å². The van der Waals surface area contributed by atoms with Gasteiger partial charge in [-0.15, -0.1) is 0 Å². The second kappa shape index (κ2) is 3.21. The highest BCUT2D eigenvalue weighted by atomic mass is 32.2. The summed E-state index contributed by atoms with van der Waals surface area (Å²) in [6.45, 7) is 2.74. The smallest absolute Gasteiger partial charge is 0.321 e. The van der Waals surface area contributed by atoms with Gasteiger partial charge in [-0.3, -0.25) is 0 Å². The first-order valence-corrected chi connectivity index (χ1v) is 5.56. The Balaban J connectivity index is 1.86. The largest absolute Gasteiger partial charge is 0.336 e. The predicted octanol–water partition coefficient (Wildman–Crippen LogP) is 1.69. The molecule has 1 heterocycles. The lowest BCUT2D eigenvalue weighted by molar-refractivity contribution is 0.425. The lowest BCUT2D eigenvalue weighted by atomic mass is 10.4. The minimum absolute atomic E-state index is 0.433. The molecule has 0 aliphatic heterocycles. The fraction of sp³-hybridized carbons (Fsp3) is 0.750. The number of hydrogen-bond donors (Lipinski definition) is 1. The van der Waals surface area contributed by atoms with E-state index in [0.717, 1.165) is 6.54 Å². The molecule has 0 atom stereocenters. The van der Waals surface area contributed by atoms with Crippen LogP contribution in [0.1, 0.15) is 18.7 Å². The third kappa shape index (κ3) is 1.96. The SMILES string of the molecule is CSC1(CNc2nc(C)no2)CC1. The van der Waals surface area contributed by atoms with E-state index in [0.29, 0.717) is 16.6 Å². The number of anilines is 1. The molecule has 0 bridgehead atoms. The van der Waals surface area contributed by atoms with E-state index in [9.17, 15) is 0 Å². The highest BCUT2D eigenvalue weighted by Gasteiger charge is 2.41. The zero-order chi connectivity index (χ0) is 9.31. The Labute approximate surface area is 81.5 Å². The number of nitrogens with zero attached hydrogens (tertiary/aromatic N) is 2. The van der Waals surface area contributed by atoms with Crippen molar-refractivity contribution in [2.75, 3.05) is 18.1 Å². The summed E-state index contributed by atoms with van der Waals surface area (Å²) in [5.41, 5.74) is 0. The van der Waals surface area contributed by atoms with Gasteiger partial charge in [0.25, 0.3) is 0 Å². The van der Waals surface area contributed by atoms with Crippen LogP contribution >= 0.6 is 11.8 Å². The molecule has 2 rings (SSSR count). The molecule has 0 amide bonds. The van der Waals surface area contributed by atoms with Crippen LogP contribution in [0.4, 0.5) is 6.01 Å². The van der Waals surface area contributed by atoms with Gasteiger partial charge in [0.05, 0.1) is 0 Å².